The van der Waals surface area contributed by atoms with Crippen LogP contribution in [-0.4, -0.2) is 49.7 Å². The van der Waals surface area contributed by atoms with Crippen LogP contribution in [0.25, 0.3) is 0 Å². The summed E-state index contributed by atoms with van der Waals surface area (Å²) in [5.74, 6) is -0.757. The molecule has 152 valence electrons. The van der Waals surface area contributed by atoms with Gasteiger partial charge in [0.05, 0.1) is 23.1 Å². The molecule has 2 aromatic rings. The Labute approximate surface area is 169 Å². The topological polar surface area (TPSA) is 132 Å². The Hall–Kier alpha value is -3.29. The van der Waals surface area contributed by atoms with Gasteiger partial charge in [-0.2, -0.15) is 9.57 Å². The zero-order valence-electron chi connectivity index (χ0n) is 15.8. The smallest absolute Gasteiger partial charge is 0.243 e. The number of carbonyl (C=O) groups excluding carboxylic acids is 2. The average Bonchev–Trinajstić information content (AvgIpc) is 2.73. The van der Waals surface area contributed by atoms with Crippen LogP contribution in [0.3, 0.4) is 0 Å². The first-order chi connectivity index (χ1) is 13.8. The summed E-state index contributed by atoms with van der Waals surface area (Å²) in [4.78, 5) is 27.7. The molecule has 0 saturated carbocycles. The van der Waals surface area contributed by atoms with Gasteiger partial charge in [0.2, 0.25) is 21.8 Å². The number of pyridine rings is 1. The molecule has 0 aliphatic rings. The minimum absolute atomic E-state index is 0.0118. The lowest BCUT2D eigenvalue weighted by molar-refractivity contribution is -0.122. The minimum Gasteiger partial charge on any atom is -0.354 e. The van der Waals surface area contributed by atoms with Crippen molar-refractivity contribution in [1.82, 2.24) is 19.9 Å². The summed E-state index contributed by atoms with van der Waals surface area (Å²) in [6.45, 7) is 0.0631. The Morgan fingerprint density at radius 2 is 1.72 bits per heavy atom. The van der Waals surface area contributed by atoms with Crippen molar-refractivity contribution >= 4 is 21.8 Å². The van der Waals surface area contributed by atoms with Crippen LogP contribution in [0.5, 0.6) is 0 Å². The lowest BCUT2D eigenvalue weighted by atomic mass is 10.2. The van der Waals surface area contributed by atoms with Crippen LogP contribution in [0.4, 0.5) is 0 Å². The van der Waals surface area contributed by atoms with Gasteiger partial charge in [0.15, 0.2) is 0 Å². The van der Waals surface area contributed by atoms with E-state index in [0.717, 1.165) is 9.87 Å². The molecule has 1 aromatic carbocycles. The Morgan fingerprint density at radius 3 is 2.34 bits per heavy atom. The number of likely N-dealkylation sites (N-methyl/N-ethyl adjacent to an activating group) is 1. The lowest BCUT2D eigenvalue weighted by Crippen LogP contribution is -2.39. The second-order valence-corrected chi connectivity index (χ2v) is 8.17. The first-order valence-electron chi connectivity index (χ1n) is 8.71. The van der Waals surface area contributed by atoms with E-state index in [1.807, 2.05) is 6.07 Å². The molecule has 2 amide bonds. The van der Waals surface area contributed by atoms with Gasteiger partial charge in [0, 0.05) is 39.0 Å². The summed E-state index contributed by atoms with van der Waals surface area (Å²) in [5, 5.41) is 14.0. The maximum absolute atomic E-state index is 12.5. The van der Waals surface area contributed by atoms with Gasteiger partial charge < -0.3 is 10.6 Å². The van der Waals surface area contributed by atoms with E-state index in [4.69, 9.17) is 5.26 Å². The molecule has 0 atom stereocenters. The third kappa shape index (κ3) is 6.67. The fourth-order valence-corrected chi connectivity index (χ4v) is 3.46. The van der Waals surface area contributed by atoms with Crippen LogP contribution < -0.4 is 10.6 Å². The van der Waals surface area contributed by atoms with E-state index in [2.05, 4.69) is 15.6 Å². The first kappa shape index (κ1) is 22.0. The largest absolute Gasteiger partial charge is 0.354 e. The maximum Gasteiger partial charge on any atom is 0.243 e. The fourth-order valence-electron chi connectivity index (χ4n) is 2.33. The number of sulfonamides is 1. The zero-order valence-corrected chi connectivity index (χ0v) is 16.6. The molecule has 2 N–H and O–H groups in total. The van der Waals surface area contributed by atoms with Gasteiger partial charge in [-0.25, -0.2) is 8.42 Å². The predicted octanol–water partition coefficient (Wildman–Crippen LogP) is 0.396. The van der Waals surface area contributed by atoms with Crippen molar-refractivity contribution in [2.45, 2.75) is 17.9 Å². The number of nitriles is 1. The number of benzene rings is 1. The van der Waals surface area contributed by atoms with Crippen LogP contribution in [0.1, 0.15) is 17.5 Å². The van der Waals surface area contributed by atoms with Crippen LogP contribution in [0, 0.1) is 11.3 Å². The van der Waals surface area contributed by atoms with Crippen molar-refractivity contribution in [1.29, 1.82) is 5.26 Å². The van der Waals surface area contributed by atoms with E-state index in [0.29, 0.717) is 12.1 Å². The number of nitrogens with zero attached hydrogens (tertiary/aromatic N) is 3. The summed E-state index contributed by atoms with van der Waals surface area (Å²) in [6.07, 6.45) is 3.33. The molecule has 0 unspecified atom stereocenters. The summed E-state index contributed by atoms with van der Waals surface area (Å²) in [6, 6.07) is 10.9. The Morgan fingerprint density at radius 1 is 1.07 bits per heavy atom. The molecule has 9 nitrogen and oxygen atoms in total. The Balaban J connectivity index is 1.76. The van der Waals surface area contributed by atoms with Gasteiger partial charge in [-0.3, -0.25) is 14.6 Å². The monoisotopic (exact) mass is 415 g/mol. The van der Waals surface area contributed by atoms with Gasteiger partial charge >= 0.3 is 0 Å². The van der Waals surface area contributed by atoms with Crippen molar-refractivity contribution in [2.24, 2.45) is 0 Å². The van der Waals surface area contributed by atoms with Crippen LogP contribution >= 0.6 is 0 Å². The van der Waals surface area contributed by atoms with Gasteiger partial charge in [0.1, 0.15) is 0 Å². The van der Waals surface area contributed by atoms with Crippen molar-refractivity contribution in [3.8, 4) is 6.07 Å². The van der Waals surface area contributed by atoms with E-state index >= 15 is 0 Å². The standard InChI is InChI=1S/C19H21N5O4S/c1-24(29(27,28)17-4-2-15(12-20)3-5-17)14-19(26)22-11-8-18(25)23-13-16-6-9-21-10-7-16/h2-7,9-10H,8,11,13-14H2,1H3,(H,22,26)(H,23,25). The second-order valence-electron chi connectivity index (χ2n) is 6.13. The molecule has 0 aliphatic carbocycles. The number of hydrogen-bond donors (Lipinski definition) is 2. The van der Waals surface area contributed by atoms with Gasteiger partial charge in [0.25, 0.3) is 0 Å². The molecule has 1 aromatic heterocycles. The molecule has 0 radical (unpaired) electrons. The third-order valence-electron chi connectivity index (χ3n) is 3.97. The minimum atomic E-state index is -3.86. The molecular formula is C19H21N5O4S. The quantitative estimate of drug-likeness (QED) is 0.609. The first-order valence-corrected chi connectivity index (χ1v) is 10.2. The van der Waals surface area contributed by atoms with E-state index < -0.39 is 15.9 Å². The second kappa shape index (κ2) is 10.3. The predicted molar refractivity (Wildman–Crippen MR) is 105 cm³/mol. The van der Waals surface area contributed by atoms with Gasteiger partial charge in [-0.05, 0) is 42.0 Å². The summed E-state index contributed by atoms with van der Waals surface area (Å²) >= 11 is 0. The lowest BCUT2D eigenvalue weighted by Gasteiger charge is -2.17. The van der Waals surface area contributed by atoms with Crippen molar-refractivity contribution < 1.29 is 18.0 Å². The highest BCUT2D eigenvalue weighted by Crippen LogP contribution is 2.14. The number of carbonyl (C=O) groups is 2. The summed E-state index contributed by atoms with van der Waals surface area (Å²) < 4.78 is 25.8. The Bertz CT molecular complexity index is 986. The number of nitrogens with one attached hydrogen (secondary N) is 2. The highest BCUT2D eigenvalue weighted by atomic mass is 32.2. The number of hydrogen-bond acceptors (Lipinski definition) is 6. The zero-order chi connectivity index (χ0) is 21.3. The molecule has 0 spiro atoms. The average molecular weight is 415 g/mol. The molecule has 2 rings (SSSR count). The SMILES string of the molecule is CN(CC(=O)NCCC(=O)NCc1ccncc1)S(=O)(=O)c1ccc(C#N)cc1. The molecule has 0 bridgehead atoms. The van der Waals surface area contributed by atoms with Gasteiger partial charge in [-0.1, -0.05) is 0 Å². The van der Waals surface area contributed by atoms with Crippen molar-refractivity contribution in [2.75, 3.05) is 20.1 Å². The highest BCUT2D eigenvalue weighted by Gasteiger charge is 2.22. The van der Waals surface area contributed by atoms with E-state index in [1.54, 1.807) is 24.5 Å². The normalized spacial score (nSPS) is 10.9. The summed E-state index contributed by atoms with van der Waals surface area (Å²) in [7, 11) is -2.57. The molecule has 0 aliphatic heterocycles. The molecule has 1 heterocycles. The maximum atomic E-state index is 12.5. The molecule has 10 heteroatoms. The number of amides is 2. The molecule has 29 heavy (non-hydrogen) atoms. The fraction of sp³-hybridized carbons (Fsp3) is 0.263. The number of rotatable bonds is 9. The van der Waals surface area contributed by atoms with Crippen LogP contribution in [-0.2, 0) is 26.2 Å². The third-order valence-corrected chi connectivity index (χ3v) is 5.79. The molecular weight excluding hydrogens is 394 g/mol. The van der Waals surface area contributed by atoms with E-state index in [9.17, 15) is 18.0 Å². The van der Waals surface area contributed by atoms with Gasteiger partial charge in [-0.15, -0.1) is 0 Å². The van der Waals surface area contributed by atoms with E-state index in [1.165, 1.54) is 31.3 Å². The molecule has 0 saturated heterocycles. The van der Waals surface area contributed by atoms with Crippen LogP contribution in [0.2, 0.25) is 0 Å². The van der Waals surface area contributed by atoms with E-state index in [-0.39, 0.29) is 30.3 Å². The Kier molecular flexibility index (Phi) is 7.82. The molecule has 0 fully saturated rings. The summed E-state index contributed by atoms with van der Waals surface area (Å²) in [5.41, 5.74) is 1.25. The van der Waals surface area contributed by atoms with Crippen molar-refractivity contribution in [3.05, 3.63) is 59.9 Å². The number of aromatic nitrogens is 1. The highest BCUT2D eigenvalue weighted by molar-refractivity contribution is 7.89. The van der Waals surface area contributed by atoms with Crippen LogP contribution in [0.15, 0.2) is 53.7 Å². The van der Waals surface area contributed by atoms with Crippen molar-refractivity contribution in [3.63, 3.8) is 0 Å².